The van der Waals surface area contributed by atoms with E-state index < -0.39 is 5.82 Å². The van der Waals surface area contributed by atoms with Crippen LogP contribution in [0.3, 0.4) is 0 Å². The molecule has 0 N–H and O–H groups in total. The number of rotatable bonds is 4. The van der Waals surface area contributed by atoms with Crippen molar-refractivity contribution in [1.82, 2.24) is 14.8 Å². The second kappa shape index (κ2) is 8.46. The molecule has 1 aromatic carbocycles. The van der Waals surface area contributed by atoms with E-state index in [1.807, 2.05) is 13.8 Å². The highest BCUT2D eigenvalue weighted by atomic mass is 19.1. The first-order chi connectivity index (χ1) is 13.3. The van der Waals surface area contributed by atoms with Crippen LogP contribution in [0.15, 0.2) is 42.7 Å². The van der Waals surface area contributed by atoms with E-state index in [2.05, 4.69) is 4.98 Å². The van der Waals surface area contributed by atoms with Crippen LogP contribution in [-0.4, -0.2) is 45.7 Å². The number of amides is 2. The summed E-state index contributed by atoms with van der Waals surface area (Å²) in [4.78, 5) is 32.7. The number of hydrogen-bond donors (Lipinski definition) is 0. The Bertz CT molecular complexity index is 855. The first-order valence-corrected chi connectivity index (χ1v) is 9.29. The van der Waals surface area contributed by atoms with E-state index in [-0.39, 0.29) is 48.1 Å². The molecule has 0 saturated carbocycles. The minimum absolute atomic E-state index is 0.0595. The normalized spacial score (nSPS) is 17.8. The van der Waals surface area contributed by atoms with Crippen molar-refractivity contribution in [3.63, 3.8) is 0 Å². The van der Waals surface area contributed by atoms with Crippen LogP contribution >= 0.6 is 0 Å². The molecule has 1 saturated heterocycles. The van der Waals surface area contributed by atoms with Crippen molar-refractivity contribution in [2.24, 2.45) is 5.92 Å². The van der Waals surface area contributed by atoms with Crippen molar-refractivity contribution >= 4 is 11.8 Å². The van der Waals surface area contributed by atoms with Crippen molar-refractivity contribution in [3.8, 4) is 0 Å². The molecule has 0 radical (unpaired) electrons. The van der Waals surface area contributed by atoms with Crippen molar-refractivity contribution in [3.05, 3.63) is 65.5 Å². The molecule has 5 nitrogen and oxygen atoms in total. The Balaban J connectivity index is 1.83. The summed E-state index contributed by atoms with van der Waals surface area (Å²) in [5, 5.41) is 0. The van der Waals surface area contributed by atoms with Gasteiger partial charge in [0, 0.05) is 32.3 Å². The maximum atomic E-state index is 13.5. The van der Waals surface area contributed by atoms with E-state index in [0.29, 0.717) is 13.1 Å². The first-order valence-electron chi connectivity index (χ1n) is 9.29. The molecule has 0 bridgehead atoms. The maximum Gasteiger partial charge on any atom is 0.255 e. The summed E-state index contributed by atoms with van der Waals surface area (Å²) in [5.41, 5.74) is 0.997. The molecule has 1 aliphatic heterocycles. The zero-order valence-electron chi connectivity index (χ0n) is 15.9. The Kier molecular flexibility index (Phi) is 6.02. The highest BCUT2D eigenvalue weighted by molar-refractivity contribution is 5.94. The minimum Gasteiger partial charge on any atom is -0.336 e. The lowest BCUT2D eigenvalue weighted by atomic mass is 10.0. The third kappa shape index (κ3) is 4.52. The van der Waals surface area contributed by atoms with Gasteiger partial charge in [-0.05, 0) is 29.7 Å². The molecule has 2 amide bonds. The summed E-state index contributed by atoms with van der Waals surface area (Å²) in [6.07, 6.45) is 2.56. The fraction of sp³-hybridized carbons (Fsp3) is 0.381. The summed E-state index contributed by atoms with van der Waals surface area (Å²) in [5.74, 6) is -1.20. The van der Waals surface area contributed by atoms with Gasteiger partial charge in [0.15, 0.2) is 0 Å². The predicted octanol–water partition coefficient (Wildman–Crippen LogP) is 3.26. The smallest absolute Gasteiger partial charge is 0.255 e. The minimum atomic E-state index is -0.574. The van der Waals surface area contributed by atoms with Crippen molar-refractivity contribution in [2.45, 2.75) is 32.9 Å². The largest absolute Gasteiger partial charge is 0.336 e. The molecule has 0 spiro atoms. The Morgan fingerprint density at radius 3 is 2.54 bits per heavy atom. The predicted molar refractivity (Wildman–Crippen MR) is 100 cm³/mol. The number of benzene rings is 1. The second-order valence-corrected chi connectivity index (χ2v) is 7.35. The van der Waals surface area contributed by atoms with Crippen LogP contribution in [-0.2, 0) is 11.3 Å². The van der Waals surface area contributed by atoms with E-state index in [4.69, 9.17) is 0 Å². The van der Waals surface area contributed by atoms with Gasteiger partial charge in [0.05, 0.1) is 17.8 Å². The fourth-order valence-corrected chi connectivity index (χ4v) is 3.43. The number of aromatic nitrogens is 1. The van der Waals surface area contributed by atoms with Gasteiger partial charge < -0.3 is 9.80 Å². The lowest BCUT2D eigenvalue weighted by Crippen LogP contribution is -2.47. The number of pyridine rings is 1. The molecule has 1 aromatic heterocycles. The number of hydrogen-bond acceptors (Lipinski definition) is 3. The monoisotopic (exact) mass is 387 g/mol. The molecule has 0 aliphatic carbocycles. The van der Waals surface area contributed by atoms with Gasteiger partial charge in [-0.25, -0.2) is 8.78 Å². The number of carbonyl (C=O) groups is 2. The van der Waals surface area contributed by atoms with Crippen LogP contribution in [0.5, 0.6) is 0 Å². The van der Waals surface area contributed by atoms with Crippen LogP contribution in [0.1, 0.15) is 36.2 Å². The molecular weight excluding hydrogens is 364 g/mol. The van der Waals surface area contributed by atoms with Crippen LogP contribution in [0, 0.1) is 17.6 Å². The lowest BCUT2D eigenvalue weighted by Gasteiger charge is -2.34. The Morgan fingerprint density at radius 2 is 1.89 bits per heavy atom. The number of halogens is 2. The third-order valence-electron chi connectivity index (χ3n) is 5.00. The first kappa shape index (κ1) is 19.9. The van der Waals surface area contributed by atoms with Gasteiger partial charge in [0.2, 0.25) is 5.91 Å². The van der Waals surface area contributed by atoms with Gasteiger partial charge in [-0.2, -0.15) is 0 Å². The van der Waals surface area contributed by atoms with E-state index in [0.717, 1.165) is 17.8 Å². The maximum absolute atomic E-state index is 13.5. The highest BCUT2D eigenvalue weighted by Crippen LogP contribution is 2.22. The topological polar surface area (TPSA) is 53.5 Å². The van der Waals surface area contributed by atoms with Crippen molar-refractivity contribution in [1.29, 1.82) is 0 Å². The summed E-state index contributed by atoms with van der Waals surface area (Å²) in [6.45, 7) is 4.95. The molecule has 7 heteroatoms. The average molecular weight is 387 g/mol. The van der Waals surface area contributed by atoms with Crippen LogP contribution in [0.4, 0.5) is 8.78 Å². The number of carbonyl (C=O) groups excluding carboxylic acids is 2. The van der Waals surface area contributed by atoms with E-state index >= 15 is 0 Å². The van der Waals surface area contributed by atoms with Gasteiger partial charge in [-0.1, -0.05) is 26.0 Å². The van der Waals surface area contributed by atoms with Gasteiger partial charge in [0.1, 0.15) is 11.6 Å². The Labute approximate surface area is 163 Å². The van der Waals surface area contributed by atoms with Crippen molar-refractivity contribution in [2.75, 3.05) is 13.1 Å². The van der Waals surface area contributed by atoms with Crippen LogP contribution in [0.25, 0.3) is 0 Å². The average Bonchev–Trinajstić information content (AvgIpc) is 2.83. The molecule has 1 aliphatic rings. The van der Waals surface area contributed by atoms with E-state index in [1.54, 1.807) is 21.9 Å². The SMILES string of the molecule is CC(C)[C@@H]1CN(C(=O)c2cncc(F)c2)CCC(=O)N1Cc1ccc(F)cc1. The van der Waals surface area contributed by atoms with Gasteiger partial charge in [0.25, 0.3) is 5.91 Å². The summed E-state index contributed by atoms with van der Waals surface area (Å²) in [6, 6.07) is 7.01. The van der Waals surface area contributed by atoms with Gasteiger partial charge in [-0.15, -0.1) is 0 Å². The van der Waals surface area contributed by atoms with Gasteiger partial charge >= 0.3 is 0 Å². The zero-order chi connectivity index (χ0) is 20.3. The van der Waals surface area contributed by atoms with Crippen molar-refractivity contribution < 1.29 is 18.4 Å². The van der Waals surface area contributed by atoms with Gasteiger partial charge in [-0.3, -0.25) is 14.6 Å². The lowest BCUT2D eigenvalue weighted by molar-refractivity contribution is -0.134. The van der Waals surface area contributed by atoms with Crippen LogP contribution in [0.2, 0.25) is 0 Å². The summed E-state index contributed by atoms with van der Waals surface area (Å²) in [7, 11) is 0. The quantitative estimate of drug-likeness (QED) is 0.809. The molecular formula is C21H23F2N3O2. The molecule has 0 unspecified atom stereocenters. The molecule has 1 fully saturated rings. The second-order valence-electron chi connectivity index (χ2n) is 7.35. The Hall–Kier alpha value is -2.83. The number of nitrogens with zero attached hydrogens (tertiary/aromatic N) is 3. The highest BCUT2D eigenvalue weighted by Gasteiger charge is 2.33. The summed E-state index contributed by atoms with van der Waals surface area (Å²) >= 11 is 0. The molecule has 2 aromatic rings. The summed E-state index contributed by atoms with van der Waals surface area (Å²) < 4.78 is 26.6. The van der Waals surface area contributed by atoms with E-state index in [9.17, 15) is 18.4 Å². The molecule has 148 valence electrons. The standard InChI is InChI=1S/C21H23F2N3O2/c1-14(2)19-13-25(21(28)16-9-18(23)11-24-10-16)8-7-20(27)26(19)12-15-3-5-17(22)6-4-15/h3-6,9-11,14,19H,7-8,12-13H2,1-2H3/t19-/m0/s1. The van der Waals surface area contributed by atoms with Crippen LogP contribution < -0.4 is 0 Å². The fourth-order valence-electron chi connectivity index (χ4n) is 3.43. The zero-order valence-corrected chi connectivity index (χ0v) is 15.9. The Morgan fingerprint density at radius 1 is 1.18 bits per heavy atom. The molecule has 1 atom stereocenters. The molecule has 28 heavy (non-hydrogen) atoms. The third-order valence-corrected chi connectivity index (χ3v) is 5.00. The molecule has 2 heterocycles. The van der Waals surface area contributed by atoms with E-state index in [1.165, 1.54) is 18.3 Å². The molecule has 3 rings (SSSR count).